The normalized spacial score (nSPS) is 16.7. The quantitative estimate of drug-likeness (QED) is 0.788. The van der Waals surface area contributed by atoms with Crippen LogP contribution >= 0.6 is 0 Å². The van der Waals surface area contributed by atoms with Gasteiger partial charge in [0.15, 0.2) is 0 Å². The Balaban J connectivity index is 1.76. The zero-order chi connectivity index (χ0) is 12.8. The summed E-state index contributed by atoms with van der Waals surface area (Å²) in [5.74, 6) is 1.15. The first kappa shape index (κ1) is 13.3. The van der Waals surface area contributed by atoms with Crippen LogP contribution in [-0.4, -0.2) is 10.8 Å². The van der Waals surface area contributed by atoms with Gasteiger partial charge in [-0.1, -0.05) is 38.2 Å². The van der Waals surface area contributed by atoms with E-state index in [1.54, 1.807) is 6.20 Å². The van der Waals surface area contributed by atoms with Crippen molar-refractivity contribution in [2.45, 2.75) is 58.3 Å². The number of carbonyl (C=O) groups is 1. The van der Waals surface area contributed by atoms with Crippen molar-refractivity contribution in [3.8, 4) is 0 Å². The fourth-order valence-corrected chi connectivity index (χ4v) is 2.82. The number of ketones is 1. The molecule has 1 aromatic rings. The number of hydrogen-bond acceptors (Lipinski definition) is 2. The maximum absolute atomic E-state index is 12.0. The predicted molar refractivity (Wildman–Crippen MR) is 73.5 cm³/mol. The lowest BCUT2D eigenvalue weighted by Crippen LogP contribution is -2.11. The molecule has 0 amide bonds. The van der Waals surface area contributed by atoms with Crippen LogP contribution in [0.15, 0.2) is 18.3 Å². The van der Waals surface area contributed by atoms with E-state index in [-0.39, 0.29) is 0 Å². The Labute approximate surface area is 110 Å². The van der Waals surface area contributed by atoms with E-state index in [4.69, 9.17) is 0 Å². The molecule has 1 heterocycles. The van der Waals surface area contributed by atoms with Gasteiger partial charge in [-0.05, 0) is 30.9 Å². The molecule has 1 aromatic heterocycles. The van der Waals surface area contributed by atoms with Gasteiger partial charge in [-0.15, -0.1) is 0 Å². The summed E-state index contributed by atoms with van der Waals surface area (Å²) in [6, 6.07) is 3.95. The van der Waals surface area contributed by atoms with E-state index in [1.165, 1.54) is 32.1 Å². The number of pyridine rings is 1. The van der Waals surface area contributed by atoms with E-state index in [9.17, 15) is 4.79 Å². The highest BCUT2D eigenvalue weighted by atomic mass is 16.1. The molecule has 0 radical (unpaired) electrons. The van der Waals surface area contributed by atoms with Crippen LogP contribution in [0.4, 0.5) is 0 Å². The Morgan fingerprint density at radius 1 is 1.33 bits per heavy atom. The summed E-state index contributed by atoms with van der Waals surface area (Å²) < 4.78 is 0. The number of aromatic nitrogens is 1. The number of nitrogens with zero attached hydrogens (tertiary/aromatic N) is 1. The van der Waals surface area contributed by atoms with Gasteiger partial charge in [0.1, 0.15) is 5.78 Å². The van der Waals surface area contributed by atoms with Gasteiger partial charge in [-0.2, -0.15) is 0 Å². The minimum atomic E-state index is 0.349. The number of Topliss-reactive ketones (excluding diaryl/α,β-unsaturated/α-hetero) is 1. The number of aryl methyl sites for hydroxylation is 1. The van der Waals surface area contributed by atoms with Crippen LogP contribution in [0.1, 0.15) is 56.2 Å². The lowest BCUT2D eigenvalue weighted by Gasteiger charge is -2.20. The largest absolute Gasteiger partial charge is 0.299 e. The molecule has 1 aliphatic carbocycles. The van der Waals surface area contributed by atoms with E-state index in [0.717, 1.165) is 30.0 Å². The maximum Gasteiger partial charge on any atom is 0.138 e. The van der Waals surface area contributed by atoms with Crippen molar-refractivity contribution >= 4 is 5.78 Å². The van der Waals surface area contributed by atoms with Gasteiger partial charge in [0.25, 0.3) is 0 Å². The minimum Gasteiger partial charge on any atom is -0.299 e. The van der Waals surface area contributed by atoms with Gasteiger partial charge in [0.05, 0.1) is 5.69 Å². The number of carbonyl (C=O) groups excluding carboxylic acids is 1. The summed E-state index contributed by atoms with van der Waals surface area (Å²) >= 11 is 0. The Hall–Kier alpha value is -1.18. The summed E-state index contributed by atoms with van der Waals surface area (Å²) in [5.41, 5.74) is 2.08. The van der Waals surface area contributed by atoms with Crippen molar-refractivity contribution in [3.63, 3.8) is 0 Å². The van der Waals surface area contributed by atoms with Gasteiger partial charge in [0.2, 0.25) is 0 Å². The molecule has 98 valence electrons. The highest BCUT2D eigenvalue weighted by Gasteiger charge is 2.15. The van der Waals surface area contributed by atoms with Gasteiger partial charge in [0, 0.05) is 19.0 Å². The van der Waals surface area contributed by atoms with E-state index in [0.29, 0.717) is 12.2 Å². The first-order chi connectivity index (χ1) is 8.75. The van der Waals surface area contributed by atoms with Gasteiger partial charge in [-0.3, -0.25) is 9.78 Å². The third-order valence-electron chi connectivity index (χ3n) is 4.04. The summed E-state index contributed by atoms with van der Waals surface area (Å²) in [6.07, 6.45) is 10.9. The van der Waals surface area contributed by atoms with E-state index < -0.39 is 0 Å². The van der Waals surface area contributed by atoms with Crippen molar-refractivity contribution in [1.82, 2.24) is 4.98 Å². The van der Waals surface area contributed by atoms with Crippen LogP contribution in [0.5, 0.6) is 0 Å². The fourth-order valence-electron chi connectivity index (χ4n) is 2.82. The molecule has 0 N–H and O–H groups in total. The second-order valence-electron chi connectivity index (χ2n) is 5.53. The first-order valence-electron chi connectivity index (χ1n) is 7.18. The lowest BCUT2D eigenvalue weighted by molar-refractivity contribution is -0.118. The second kappa shape index (κ2) is 6.67. The van der Waals surface area contributed by atoms with Crippen molar-refractivity contribution in [2.24, 2.45) is 5.92 Å². The maximum atomic E-state index is 12.0. The van der Waals surface area contributed by atoms with Crippen LogP contribution in [0.25, 0.3) is 0 Å². The lowest BCUT2D eigenvalue weighted by atomic mass is 9.85. The zero-order valence-corrected chi connectivity index (χ0v) is 11.3. The van der Waals surface area contributed by atoms with Crippen molar-refractivity contribution in [2.75, 3.05) is 0 Å². The molecule has 0 saturated heterocycles. The van der Waals surface area contributed by atoms with E-state index in [1.807, 2.05) is 19.1 Å². The minimum absolute atomic E-state index is 0.349. The molecule has 0 unspecified atom stereocenters. The van der Waals surface area contributed by atoms with Crippen molar-refractivity contribution in [1.29, 1.82) is 0 Å². The average molecular weight is 245 g/mol. The third-order valence-corrected chi connectivity index (χ3v) is 4.04. The highest BCUT2D eigenvalue weighted by molar-refractivity contribution is 5.80. The monoisotopic (exact) mass is 245 g/mol. The molecule has 2 rings (SSSR count). The van der Waals surface area contributed by atoms with Crippen LogP contribution in [0, 0.1) is 12.8 Å². The zero-order valence-electron chi connectivity index (χ0n) is 11.3. The smallest absolute Gasteiger partial charge is 0.138 e. The summed E-state index contributed by atoms with van der Waals surface area (Å²) in [5, 5.41) is 0. The van der Waals surface area contributed by atoms with Crippen molar-refractivity contribution in [3.05, 3.63) is 29.6 Å². The molecule has 1 aliphatic rings. The number of hydrogen-bond donors (Lipinski definition) is 0. The number of rotatable bonds is 5. The van der Waals surface area contributed by atoms with Gasteiger partial charge in [-0.25, -0.2) is 0 Å². The van der Waals surface area contributed by atoms with Crippen LogP contribution in [-0.2, 0) is 11.2 Å². The van der Waals surface area contributed by atoms with Crippen LogP contribution < -0.4 is 0 Å². The average Bonchev–Trinajstić information content (AvgIpc) is 2.40. The predicted octanol–water partition coefficient (Wildman–Crippen LogP) is 3.86. The molecule has 1 saturated carbocycles. The summed E-state index contributed by atoms with van der Waals surface area (Å²) in [7, 11) is 0. The molecule has 2 heteroatoms. The third kappa shape index (κ3) is 3.94. The Morgan fingerprint density at radius 3 is 2.83 bits per heavy atom. The fraction of sp³-hybridized carbons (Fsp3) is 0.625. The molecule has 0 atom stereocenters. The summed E-state index contributed by atoms with van der Waals surface area (Å²) in [4.78, 5) is 16.3. The molecule has 18 heavy (non-hydrogen) atoms. The topological polar surface area (TPSA) is 30.0 Å². The van der Waals surface area contributed by atoms with Crippen LogP contribution in [0.2, 0.25) is 0 Å². The standard InChI is InChI=1S/C16H23NO/c1-13-6-5-11-17-16(13)12-15(18)10-9-14-7-3-2-4-8-14/h5-6,11,14H,2-4,7-10,12H2,1H3. The molecule has 1 fully saturated rings. The Kier molecular flexibility index (Phi) is 4.91. The highest BCUT2D eigenvalue weighted by Crippen LogP contribution is 2.27. The van der Waals surface area contributed by atoms with Crippen LogP contribution in [0.3, 0.4) is 0 Å². The molecule has 2 nitrogen and oxygen atoms in total. The molecule has 0 aromatic carbocycles. The van der Waals surface area contributed by atoms with Gasteiger partial charge >= 0.3 is 0 Å². The Bertz CT molecular complexity index is 394. The summed E-state index contributed by atoms with van der Waals surface area (Å²) in [6.45, 7) is 2.02. The molecule has 0 bridgehead atoms. The van der Waals surface area contributed by atoms with E-state index >= 15 is 0 Å². The van der Waals surface area contributed by atoms with Crippen molar-refractivity contribution < 1.29 is 4.79 Å². The molecular formula is C16H23NO. The van der Waals surface area contributed by atoms with Gasteiger partial charge < -0.3 is 0 Å². The first-order valence-corrected chi connectivity index (χ1v) is 7.18. The SMILES string of the molecule is Cc1cccnc1CC(=O)CCC1CCCCC1. The molecular weight excluding hydrogens is 222 g/mol. The van der Waals surface area contributed by atoms with E-state index in [2.05, 4.69) is 4.98 Å². The Morgan fingerprint density at radius 2 is 2.11 bits per heavy atom. The molecule has 0 spiro atoms. The second-order valence-corrected chi connectivity index (χ2v) is 5.53. The molecule has 0 aliphatic heterocycles.